The molecule has 0 atom stereocenters. The minimum atomic E-state index is -0.103. The maximum atomic E-state index is 12.3. The maximum absolute atomic E-state index is 12.3. The first kappa shape index (κ1) is 12.9. The summed E-state index contributed by atoms with van der Waals surface area (Å²) in [7, 11) is 0. The van der Waals surface area contributed by atoms with Gasteiger partial charge >= 0.3 is 0 Å². The van der Waals surface area contributed by atoms with Gasteiger partial charge in [-0.05, 0) is 47.6 Å². The Kier molecular flexibility index (Phi) is 3.05. The van der Waals surface area contributed by atoms with E-state index in [1.54, 1.807) is 24.5 Å². The van der Waals surface area contributed by atoms with Crippen LogP contribution in [0, 0.1) is 0 Å². The van der Waals surface area contributed by atoms with Gasteiger partial charge in [0.25, 0.3) is 5.91 Å². The summed E-state index contributed by atoms with van der Waals surface area (Å²) in [5.41, 5.74) is 4.25. The van der Waals surface area contributed by atoms with Crippen molar-refractivity contribution in [1.29, 1.82) is 0 Å². The molecule has 1 aliphatic carbocycles. The van der Waals surface area contributed by atoms with E-state index in [4.69, 9.17) is 0 Å². The first-order valence-electron chi connectivity index (χ1n) is 6.92. The van der Waals surface area contributed by atoms with Gasteiger partial charge in [-0.3, -0.25) is 9.78 Å². The molecule has 0 radical (unpaired) electrons. The van der Waals surface area contributed by atoms with Crippen molar-refractivity contribution in [3.05, 3.63) is 59.4 Å². The van der Waals surface area contributed by atoms with Gasteiger partial charge in [0.05, 0.1) is 5.56 Å². The fourth-order valence-corrected chi connectivity index (χ4v) is 2.98. The van der Waals surface area contributed by atoms with Crippen molar-refractivity contribution in [2.75, 3.05) is 5.32 Å². The van der Waals surface area contributed by atoms with Gasteiger partial charge in [-0.15, -0.1) is 0 Å². The molecule has 2 aromatic rings. The molecular weight excluding hydrogens is 248 g/mol. The van der Waals surface area contributed by atoms with Crippen LogP contribution < -0.4 is 5.32 Å². The van der Waals surface area contributed by atoms with E-state index in [0.717, 1.165) is 18.5 Å². The number of nitrogens with zero attached hydrogens (tertiary/aromatic N) is 1. The molecule has 1 N–H and O–H groups in total. The number of pyridine rings is 1. The van der Waals surface area contributed by atoms with Crippen LogP contribution in [0.3, 0.4) is 0 Å². The molecule has 3 heteroatoms. The van der Waals surface area contributed by atoms with E-state index in [-0.39, 0.29) is 11.3 Å². The van der Waals surface area contributed by atoms with Crippen LogP contribution in [0.2, 0.25) is 0 Å². The molecule has 102 valence electrons. The van der Waals surface area contributed by atoms with E-state index < -0.39 is 0 Å². The van der Waals surface area contributed by atoms with E-state index in [1.165, 1.54) is 11.1 Å². The van der Waals surface area contributed by atoms with Crippen LogP contribution in [0.4, 0.5) is 5.69 Å². The zero-order valence-electron chi connectivity index (χ0n) is 11.8. The molecule has 1 aliphatic rings. The second-order valence-electron chi connectivity index (χ2n) is 5.92. The van der Waals surface area contributed by atoms with Gasteiger partial charge in [-0.25, -0.2) is 0 Å². The zero-order chi connectivity index (χ0) is 14.2. The van der Waals surface area contributed by atoms with E-state index in [0.29, 0.717) is 5.56 Å². The van der Waals surface area contributed by atoms with Crippen molar-refractivity contribution < 1.29 is 4.79 Å². The number of nitrogens with one attached hydrogen (secondary N) is 1. The van der Waals surface area contributed by atoms with Crippen molar-refractivity contribution in [3.63, 3.8) is 0 Å². The summed E-state index contributed by atoms with van der Waals surface area (Å²) in [5, 5.41) is 3.04. The standard InChI is InChI=1S/C17H18N2O/c1-17(2)9-8-12-5-3-7-14(15(12)17)19-16(20)13-6-4-10-18-11-13/h3-7,10-11H,8-9H2,1-2H3,(H,19,20). The van der Waals surface area contributed by atoms with Gasteiger partial charge < -0.3 is 5.32 Å². The van der Waals surface area contributed by atoms with E-state index in [2.05, 4.69) is 30.2 Å². The lowest BCUT2D eigenvalue weighted by Gasteiger charge is -2.22. The number of carbonyl (C=O) groups is 1. The van der Waals surface area contributed by atoms with Crippen LogP contribution in [0.15, 0.2) is 42.7 Å². The highest BCUT2D eigenvalue weighted by molar-refractivity contribution is 6.04. The van der Waals surface area contributed by atoms with Crippen molar-refractivity contribution in [3.8, 4) is 0 Å². The van der Waals surface area contributed by atoms with Gasteiger partial charge in [0, 0.05) is 18.1 Å². The third kappa shape index (κ3) is 2.20. The first-order valence-corrected chi connectivity index (χ1v) is 6.92. The molecule has 1 heterocycles. The molecule has 1 amide bonds. The third-order valence-electron chi connectivity index (χ3n) is 4.02. The van der Waals surface area contributed by atoms with Crippen LogP contribution in [-0.4, -0.2) is 10.9 Å². The van der Waals surface area contributed by atoms with Crippen LogP contribution in [0.1, 0.15) is 41.8 Å². The van der Waals surface area contributed by atoms with Crippen LogP contribution in [0.25, 0.3) is 0 Å². The van der Waals surface area contributed by atoms with Crippen molar-refractivity contribution in [1.82, 2.24) is 4.98 Å². The van der Waals surface area contributed by atoms with E-state index in [1.807, 2.05) is 12.1 Å². The van der Waals surface area contributed by atoms with Crippen LogP contribution in [0.5, 0.6) is 0 Å². The monoisotopic (exact) mass is 266 g/mol. The lowest BCUT2D eigenvalue weighted by molar-refractivity contribution is 0.102. The van der Waals surface area contributed by atoms with Gasteiger partial charge in [0.15, 0.2) is 0 Å². The molecule has 0 spiro atoms. The van der Waals surface area contributed by atoms with Crippen molar-refractivity contribution in [2.45, 2.75) is 32.1 Å². The Labute approximate surface area is 119 Å². The van der Waals surface area contributed by atoms with Gasteiger partial charge in [0.2, 0.25) is 0 Å². The molecule has 3 nitrogen and oxygen atoms in total. The summed E-state index contributed by atoms with van der Waals surface area (Å²) in [6.45, 7) is 4.47. The van der Waals surface area contributed by atoms with Gasteiger partial charge in [-0.2, -0.15) is 0 Å². The number of hydrogen-bond donors (Lipinski definition) is 1. The number of carbonyl (C=O) groups excluding carboxylic acids is 1. The number of hydrogen-bond acceptors (Lipinski definition) is 2. The number of rotatable bonds is 2. The topological polar surface area (TPSA) is 42.0 Å². The largest absolute Gasteiger partial charge is 0.322 e. The molecule has 20 heavy (non-hydrogen) atoms. The molecule has 1 aromatic heterocycles. The molecule has 0 fully saturated rings. The van der Waals surface area contributed by atoms with E-state index >= 15 is 0 Å². The first-order chi connectivity index (χ1) is 9.58. The quantitative estimate of drug-likeness (QED) is 0.903. The van der Waals surface area contributed by atoms with Crippen molar-refractivity contribution in [2.24, 2.45) is 0 Å². The molecule has 3 rings (SSSR count). The summed E-state index contributed by atoms with van der Waals surface area (Å²) in [5.74, 6) is -0.103. The number of fused-ring (bicyclic) bond motifs is 1. The fourth-order valence-electron chi connectivity index (χ4n) is 2.98. The molecule has 0 saturated heterocycles. The Morgan fingerprint density at radius 2 is 2.10 bits per heavy atom. The summed E-state index contributed by atoms with van der Waals surface area (Å²) >= 11 is 0. The van der Waals surface area contributed by atoms with Crippen LogP contribution >= 0.6 is 0 Å². The summed E-state index contributed by atoms with van der Waals surface area (Å²) < 4.78 is 0. The Balaban J connectivity index is 1.94. The Hall–Kier alpha value is -2.16. The van der Waals surface area contributed by atoms with Crippen LogP contribution in [-0.2, 0) is 11.8 Å². The normalized spacial score (nSPS) is 15.7. The number of amides is 1. The smallest absolute Gasteiger partial charge is 0.257 e. The third-order valence-corrected chi connectivity index (χ3v) is 4.02. The Morgan fingerprint density at radius 1 is 1.25 bits per heavy atom. The number of anilines is 1. The molecule has 0 unspecified atom stereocenters. The van der Waals surface area contributed by atoms with Gasteiger partial charge in [0.1, 0.15) is 0 Å². The highest BCUT2D eigenvalue weighted by atomic mass is 16.1. The highest BCUT2D eigenvalue weighted by Crippen LogP contribution is 2.42. The summed E-state index contributed by atoms with van der Waals surface area (Å²) in [4.78, 5) is 16.3. The SMILES string of the molecule is CC1(C)CCc2cccc(NC(=O)c3cccnc3)c21. The average molecular weight is 266 g/mol. The predicted octanol–water partition coefficient (Wildman–Crippen LogP) is 3.56. The Morgan fingerprint density at radius 3 is 2.85 bits per heavy atom. The van der Waals surface area contributed by atoms with E-state index in [9.17, 15) is 4.79 Å². The molecule has 0 aliphatic heterocycles. The van der Waals surface area contributed by atoms with Crippen molar-refractivity contribution >= 4 is 11.6 Å². The Bertz CT molecular complexity index is 647. The summed E-state index contributed by atoms with van der Waals surface area (Å²) in [6.07, 6.45) is 5.46. The second-order valence-corrected chi connectivity index (χ2v) is 5.92. The number of aryl methyl sites for hydroxylation is 1. The second kappa shape index (κ2) is 4.75. The van der Waals surface area contributed by atoms with Gasteiger partial charge in [-0.1, -0.05) is 26.0 Å². The zero-order valence-corrected chi connectivity index (χ0v) is 11.8. The number of benzene rings is 1. The summed E-state index contributed by atoms with van der Waals surface area (Å²) in [6, 6.07) is 9.70. The molecule has 1 aromatic carbocycles. The molecule has 0 bridgehead atoms. The maximum Gasteiger partial charge on any atom is 0.257 e. The highest BCUT2D eigenvalue weighted by Gasteiger charge is 2.32. The molecule has 0 saturated carbocycles. The minimum absolute atomic E-state index is 0.103. The number of aromatic nitrogens is 1. The average Bonchev–Trinajstić information content (AvgIpc) is 2.77. The molecular formula is C17H18N2O. The minimum Gasteiger partial charge on any atom is -0.322 e. The lowest BCUT2D eigenvalue weighted by Crippen LogP contribution is -2.18. The predicted molar refractivity (Wildman–Crippen MR) is 80.0 cm³/mol. The fraction of sp³-hybridized carbons (Fsp3) is 0.294. The lowest BCUT2D eigenvalue weighted by atomic mass is 9.85.